The van der Waals surface area contributed by atoms with Crippen LogP contribution in [0.15, 0.2) is 18.2 Å². The monoisotopic (exact) mass is 219 g/mol. The van der Waals surface area contributed by atoms with Crippen LogP contribution in [-0.2, 0) is 0 Å². The second kappa shape index (κ2) is 4.31. The number of ether oxygens (including phenoxy) is 2. The van der Waals surface area contributed by atoms with Gasteiger partial charge in [0.15, 0.2) is 11.5 Å². The van der Waals surface area contributed by atoms with Gasteiger partial charge in [0, 0.05) is 26.2 Å². The van der Waals surface area contributed by atoms with Crippen molar-refractivity contribution in [2.45, 2.75) is 0 Å². The SMILES string of the molecule is [CH](c1ccc2c(c1)OCO2)N1CCNCC1. The molecule has 1 saturated heterocycles. The summed E-state index contributed by atoms with van der Waals surface area (Å²) < 4.78 is 10.6. The fourth-order valence-electron chi connectivity index (χ4n) is 2.02. The third-order valence-electron chi connectivity index (χ3n) is 2.88. The van der Waals surface area contributed by atoms with Gasteiger partial charge in [0.05, 0.1) is 6.54 Å². The zero-order valence-electron chi connectivity index (χ0n) is 9.11. The van der Waals surface area contributed by atoms with Crippen LogP contribution in [0.4, 0.5) is 0 Å². The molecule has 1 aromatic carbocycles. The number of piperazine rings is 1. The molecule has 0 spiro atoms. The fourth-order valence-corrected chi connectivity index (χ4v) is 2.02. The summed E-state index contributed by atoms with van der Waals surface area (Å²) in [4.78, 5) is 2.33. The molecule has 2 aliphatic heterocycles. The number of fused-ring (bicyclic) bond motifs is 1. The summed E-state index contributed by atoms with van der Waals surface area (Å²) >= 11 is 0. The molecule has 16 heavy (non-hydrogen) atoms. The minimum Gasteiger partial charge on any atom is -0.454 e. The van der Waals surface area contributed by atoms with E-state index in [1.54, 1.807) is 0 Å². The Bertz CT molecular complexity index is 375. The molecule has 2 heterocycles. The summed E-state index contributed by atoms with van der Waals surface area (Å²) in [6, 6.07) is 6.07. The minimum absolute atomic E-state index is 0.340. The molecule has 0 amide bonds. The van der Waals surface area contributed by atoms with Crippen LogP contribution in [0.1, 0.15) is 5.56 Å². The largest absolute Gasteiger partial charge is 0.454 e. The Kier molecular flexibility index (Phi) is 2.68. The predicted octanol–water partition coefficient (Wildman–Crippen LogP) is 0.830. The van der Waals surface area contributed by atoms with E-state index in [1.807, 2.05) is 12.1 Å². The molecule has 0 atom stereocenters. The van der Waals surface area contributed by atoms with E-state index >= 15 is 0 Å². The number of hydrogen-bond acceptors (Lipinski definition) is 4. The van der Waals surface area contributed by atoms with Gasteiger partial charge in [-0.15, -0.1) is 0 Å². The first-order valence-electron chi connectivity index (χ1n) is 5.61. The van der Waals surface area contributed by atoms with Gasteiger partial charge in [-0.25, -0.2) is 0 Å². The molecule has 1 N–H and O–H groups in total. The zero-order chi connectivity index (χ0) is 10.8. The second-order valence-electron chi connectivity index (χ2n) is 4.03. The van der Waals surface area contributed by atoms with E-state index < -0.39 is 0 Å². The van der Waals surface area contributed by atoms with Crippen LogP contribution in [-0.4, -0.2) is 37.9 Å². The molecule has 1 aromatic rings. The Morgan fingerprint density at radius 3 is 2.81 bits per heavy atom. The van der Waals surface area contributed by atoms with Gasteiger partial charge in [0.2, 0.25) is 6.79 Å². The smallest absolute Gasteiger partial charge is 0.231 e. The molecular weight excluding hydrogens is 204 g/mol. The molecule has 0 saturated carbocycles. The number of hydrogen-bond donors (Lipinski definition) is 1. The lowest BCUT2D eigenvalue weighted by molar-refractivity contribution is 0.174. The van der Waals surface area contributed by atoms with Crippen molar-refractivity contribution in [1.29, 1.82) is 0 Å². The lowest BCUT2D eigenvalue weighted by atomic mass is 10.2. The van der Waals surface area contributed by atoms with Crippen molar-refractivity contribution in [3.63, 3.8) is 0 Å². The van der Waals surface area contributed by atoms with Gasteiger partial charge in [0.25, 0.3) is 0 Å². The minimum atomic E-state index is 0.340. The first-order valence-corrected chi connectivity index (χ1v) is 5.61. The maximum absolute atomic E-state index is 5.36. The zero-order valence-corrected chi connectivity index (χ0v) is 9.11. The highest BCUT2D eigenvalue weighted by molar-refractivity contribution is 5.46. The standard InChI is InChI=1S/C12H15N2O2/c1-2-11-12(16-9-15-11)7-10(1)8-14-5-3-13-4-6-14/h1-2,7-8,13H,3-6,9H2. The van der Waals surface area contributed by atoms with Crippen molar-refractivity contribution in [2.75, 3.05) is 33.0 Å². The van der Waals surface area contributed by atoms with Crippen LogP contribution in [0, 0.1) is 6.54 Å². The predicted molar refractivity (Wildman–Crippen MR) is 60.4 cm³/mol. The molecule has 2 aliphatic rings. The lowest BCUT2D eigenvalue weighted by Gasteiger charge is -2.26. The fraction of sp³-hybridized carbons (Fsp3) is 0.417. The third kappa shape index (κ3) is 1.99. The van der Waals surface area contributed by atoms with Crippen LogP contribution in [0.25, 0.3) is 0 Å². The molecule has 0 bridgehead atoms. The Hall–Kier alpha value is -1.26. The van der Waals surface area contributed by atoms with Crippen molar-refractivity contribution in [2.24, 2.45) is 0 Å². The average molecular weight is 219 g/mol. The first kappa shape index (κ1) is 9.93. The summed E-state index contributed by atoms with van der Waals surface area (Å²) in [6.45, 7) is 6.76. The Morgan fingerprint density at radius 2 is 1.94 bits per heavy atom. The van der Waals surface area contributed by atoms with E-state index in [-0.39, 0.29) is 0 Å². The quantitative estimate of drug-likeness (QED) is 0.799. The Balaban J connectivity index is 1.69. The van der Waals surface area contributed by atoms with Gasteiger partial charge in [-0.1, -0.05) is 6.07 Å². The van der Waals surface area contributed by atoms with E-state index in [1.165, 1.54) is 5.56 Å². The van der Waals surface area contributed by atoms with Crippen LogP contribution in [0.2, 0.25) is 0 Å². The highest BCUT2D eigenvalue weighted by Crippen LogP contribution is 2.33. The van der Waals surface area contributed by atoms with Gasteiger partial charge in [0.1, 0.15) is 0 Å². The van der Waals surface area contributed by atoms with Crippen molar-refractivity contribution in [3.8, 4) is 11.5 Å². The Morgan fingerprint density at radius 1 is 1.12 bits per heavy atom. The van der Waals surface area contributed by atoms with Gasteiger partial charge in [-0.2, -0.15) is 0 Å². The highest BCUT2D eigenvalue weighted by Gasteiger charge is 2.15. The van der Waals surface area contributed by atoms with E-state index in [0.29, 0.717) is 6.79 Å². The molecule has 1 fully saturated rings. The first-order chi connectivity index (χ1) is 7.92. The van der Waals surface area contributed by atoms with E-state index in [4.69, 9.17) is 9.47 Å². The van der Waals surface area contributed by atoms with Crippen LogP contribution < -0.4 is 14.8 Å². The van der Waals surface area contributed by atoms with Crippen molar-refractivity contribution < 1.29 is 9.47 Å². The molecule has 4 nitrogen and oxygen atoms in total. The van der Waals surface area contributed by atoms with Crippen molar-refractivity contribution >= 4 is 0 Å². The number of nitrogens with one attached hydrogen (secondary N) is 1. The molecule has 3 rings (SSSR count). The maximum atomic E-state index is 5.36. The van der Waals surface area contributed by atoms with Crippen LogP contribution >= 0.6 is 0 Å². The molecule has 85 valence electrons. The van der Waals surface area contributed by atoms with Crippen LogP contribution in [0.5, 0.6) is 11.5 Å². The van der Waals surface area contributed by atoms with Crippen molar-refractivity contribution in [1.82, 2.24) is 10.2 Å². The van der Waals surface area contributed by atoms with E-state index in [2.05, 4.69) is 22.8 Å². The summed E-state index contributed by atoms with van der Waals surface area (Å²) in [6.07, 6.45) is 0. The van der Waals surface area contributed by atoms with Gasteiger partial charge in [-0.3, -0.25) is 4.90 Å². The summed E-state index contributed by atoms with van der Waals surface area (Å²) in [5.74, 6) is 1.70. The topological polar surface area (TPSA) is 33.7 Å². The van der Waals surface area contributed by atoms with Gasteiger partial charge >= 0.3 is 0 Å². The van der Waals surface area contributed by atoms with Gasteiger partial charge < -0.3 is 14.8 Å². The normalized spacial score (nSPS) is 20.0. The van der Waals surface area contributed by atoms with Gasteiger partial charge in [-0.05, 0) is 17.7 Å². The summed E-state index contributed by atoms with van der Waals surface area (Å²) in [5, 5.41) is 3.34. The number of benzene rings is 1. The molecule has 4 heteroatoms. The number of rotatable bonds is 2. The average Bonchev–Trinajstić information content (AvgIpc) is 2.77. The lowest BCUT2D eigenvalue weighted by Crippen LogP contribution is -2.42. The molecule has 1 radical (unpaired) electrons. The summed E-state index contributed by atoms with van der Waals surface area (Å²) in [5.41, 5.74) is 1.17. The number of nitrogens with zero attached hydrogens (tertiary/aromatic N) is 1. The highest BCUT2D eigenvalue weighted by atomic mass is 16.7. The third-order valence-corrected chi connectivity index (χ3v) is 2.88. The molecular formula is C12H15N2O2. The van der Waals surface area contributed by atoms with E-state index in [9.17, 15) is 0 Å². The van der Waals surface area contributed by atoms with Crippen LogP contribution in [0.3, 0.4) is 0 Å². The second-order valence-corrected chi connectivity index (χ2v) is 4.03. The Labute approximate surface area is 95.1 Å². The summed E-state index contributed by atoms with van der Waals surface area (Å²) in [7, 11) is 0. The van der Waals surface area contributed by atoms with E-state index in [0.717, 1.165) is 37.7 Å². The van der Waals surface area contributed by atoms with Crippen molar-refractivity contribution in [3.05, 3.63) is 30.3 Å². The molecule has 0 unspecified atom stereocenters. The molecule has 0 aliphatic carbocycles. The maximum Gasteiger partial charge on any atom is 0.231 e. The molecule has 0 aromatic heterocycles.